The molecule has 0 radical (unpaired) electrons. The molecule has 4 rings (SSSR count). The van der Waals surface area contributed by atoms with Gasteiger partial charge in [-0.1, -0.05) is 0 Å². The number of hydrogen-bond donors (Lipinski definition) is 4. The van der Waals surface area contributed by atoms with E-state index >= 15 is 0 Å². The number of halogens is 2. The zero-order chi connectivity index (χ0) is 25.5. The zero-order valence-corrected chi connectivity index (χ0v) is 20.0. The van der Waals surface area contributed by atoms with Gasteiger partial charge in [-0.25, -0.2) is 13.8 Å². The summed E-state index contributed by atoms with van der Waals surface area (Å²) in [7, 11) is 0. The summed E-state index contributed by atoms with van der Waals surface area (Å²) < 4.78 is 27.0. The largest absolute Gasteiger partial charge is 0.380 e. The van der Waals surface area contributed by atoms with Gasteiger partial charge in [-0.15, -0.1) is 0 Å². The van der Waals surface area contributed by atoms with Crippen LogP contribution in [0.2, 0.25) is 0 Å². The number of primary amides is 1. The molecule has 1 aliphatic heterocycles. The van der Waals surface area contributed by atoms with Crippen LogP contribution in [0.3, 0.4) is 0 Å². The molecule has 36 heavy (non-hydrogen) atoms. The number of carbonyl (C=O) groups excluding carboxylic acids is 1. The Labute approximate surface area is 209 Å². The molecule has 10 heteroatoms. The molecule has 1 aliphatic rings. The molecule has 8 nitrogen and oxygen atoms in total. The Morgan fingerprint density at radius 2 is 1.69 bits per heavy atom. The lowest BCUT2D eigenvalue weighted by Crippen LogP contribution is -2.46. The van der Waals surface area contributed by atoms with Crippen LogP contribution in [-0.4, -0.2) is 55.1 Å². The van der Waals surface area contributed by atoms with Gasteiger partial charge in [0, 0.05) is 62.4 Å². The minimum absolute atomic E-state index is 0.104. The fourth-order valence-electron chi connectivity index (χ4n) is 4.22. The molecule has 3 aromatic rings. The molecule has 6 N–H and O–H groups in total. The Morgan fingerprint density at radius 3 is 2.33 bits per heavy atom. The van der Waals surface area contributed by atoms with Crippen LogP contribution < -0.4 is 27.0 Å². The molecule has 2 aromatic carbocycles. The van der Waals surface area contributed by atoms with E-state index < -0.39 is 17.5 Å². The van der Waals surface area contributed by atoms with Gasteiger partial charge in [0.2, 0.25) is 0 Å². The van der Waals surface area contributed by atoms with E-state index in [1.54, 1.807) is 6.07 Å². The molecule has 1 amide bonds. The van der Waals surface area contributed by atoms with E-state index in [-0.39, 0.29) is 12.1 Å². The van der Waals surface area contributed by atoms with Crippen molar-refractivity contribution < 1.29 is 13.6 Å². The lowest BCUT2D eigenvalue weighted by Gasteiger charge is -2.36. The molecule has 0 aliphatic carbocycles. The third kappa shape index (κ3) is 6.67. The molecule has 190 valence electrons. The third-order valence-corrected chi connectivity index (χ3v) is 6.13. The normalized spacial score (nSPS) is 14.0. The van der Waals surface area contributed by atoms with Gasteiger partial charge in [0.15, 0.2) is 0 Å². The number of hydrogen-bond acceptors (Lipinski definition) is 7. The van der Waals surface area contributed by atoms with E-state index in [2.05, 4.69) is 37.6 Å². The van der Waals surface area contributed by atoms with Crippen molar-refractivity contribution in [1.82, 2.24) is 9.88 Å². The van der Waals surface area contributed by atoms with Gasteiger partial charge in [-0.3, -0.25) is 9.69 Å². The summed E-state index contributed by atoms with van der Waals surface area (Å²) in [4.78, 5) is 20.9. The van der Waals surface area contributed by atoms with Crippen molar-refractivity contribution in [2.24, 2.45) is 11.5 Å². The Hall–Kier alpha value is -3.76. The predicted molar refractivity (Wildman–Crippen MR) is 138 cm³/mol. The van der Waals surface area contributed by atoms with Crippen LogP contribution in [0.15, 0.2) is 54.7 Å². The first-order chi connectivity index (χ1) is 17.4. The van der Waals surface area contributed by atoms with Gasteiger partial charge < -0.3 is 27.0 Å². The highest BCUT2D eigenvalue weighted by Gasteiger charge is 2.17. The minimum atomic E-state index is -0.670. The van der Waals surface area contributed by atoms with Gasteiger partial charge in [0.25, 0.3) is 5.91 Å². The summed E-state index contributed by atoms with van der Waals surface area (Å²) in [5.74, 6) is -1.50. The number of benzene rings is 2. The van der Waals surface area contributed by atoms with Crippen molar-refractivity contribution in [3.8, 4) is 0 Å². The maximum atomic E-state index is 13.5. The molecular formula is C26H31F2N7O. The summed E-state index contributed by atoms with van der Waals surface area (Å²) in [5.41, 5.74) is 14.1. The second-order valence-electron chi connectivity index (χ2n) is 8.75. The van der Waals surface area contributed by atoms with Crippen molar-refractivity contribution in [3.63, 3.8) is 0 Å². The SMILES string of the molecule is NCCCN1CCN(c2ccc(Nc3cc(NCc4cc(F)cc(F)c4)c(C(N)=O)cn3)cc2)CC1. The maximum absolute atomic E-state index is 13.5. The Kier molecular flexibility index (Phi) is 8.29. The average Bonchev–Trinajstić information content (AvgIpc) is 2.86. The first kappa shape index (κ1) is 25.3. The smallest absolute Gasteiger partial charge is 0.252 e. The number of nitrogens with two attached hydrogens (primary N) is 2. The summed E-state index contributed by atoms with van der Waals surface area (Å²) in [6.45, 7) is 5.86. The summed E-state index contributed by atoms with van der Waals surface area (Å²) in [6, 6.07) is 13.0. The van der Waals surface area contributed by atoms with Crippen molar-refractivity contribution in [3.05, 3.63) is 77.5 Å². The summed E-state index contributed by atoms with van der Waals surface area (Å²) in [5, 5.41) is 6.25. The van der Waals surface area contributed by atoms with Gasteiger partial charge in [-0.2, -0.15) is 0 Å². The maximum Gasteiger partial charge on any atom is 0.252 e. The number of rotatable bonds is 10. The molecule has 0 unspecified atom stereocenters. The van der Waals surface area contributed by atoms with E-state index in [9.17, 15) is 13.6 Å². The van der Waals surface area contributed by atoms with Crippen molar-refractivity contribution in [2.45, 2.75) is 13.0 Å². The number of piperazine rings is 1. The van der Waals surface area contributed by atoms with Crippen molar-refractivity contribution in [2.75, 3.05) is 54.8 Å². The van der Waals surface area contributed by atoms with Crippen LogP contribution in [0.25, 0.3) is 0 Å². The van der Waals surface area contributed by atoms with Gasteiger partial charge in [-0.05, 0) is 61.5 Å². The van der Waals surface area contributed by atoms with E-state index in [4.69, 9.17) is 11.5 Å². The standard InChI is InChI=1S/C26H31F2N7O/c27-19-12-18(13-20(28)14-19)16-31-24-15-25(32-17-23(24)26(30)36)33-21-2-4-22(5-3-21)35-10-8-34(9-11-35)7-1-6-29/h2-5,12-15,17H,1,6-11,16,29H2,(H2,30,36)(H2,31,32,33). The van der Waals surface area contributed by atoms with Crippen molar-refractivity contribution >= 4 is 28.8 Å². The Morgan fingerprint density at radius 1 is 1.00 bits per heavy atom. The van der Waals surface area contributed by atoms with E-state index in [0.717, 1.165) is 63.1 Å². The Bertz CT molecular complexity index is 1160. The summed E-state index contributed by atoms with van der Waals surface area (Å²) in [6.07, 6.45) is 2.40. The number of nitrogens with one attached hydrogen (secondary N) is 2. The molecular weight excluding hydrogens is 464 g/mol. The topological polar surface area (TPSA) is 113 Å². The minimum Gasteiger partial charge on any atom is -0.380 e. The second-order valence-corrected chi connectivity index (χ2v) is 8.75. The fraction of sp³-hybridized carbons (Fsp3) is 0.308. The molecule has 0 saturated carbocycles. The van der Waals surface area contributed by atoms with Crippen LogP contribution in [0, 0.1) is 11.6 Å². The van der Waals surface area contributed by atoms with Crippen LogP contribution in [0.4, 0.5) is 31.7 Å². The Balaban J connectivity index is 1.40. The lowest BCUT2D eigenvalue weighted by molar-refractivity contribution is 0.100. The highest BCUT2D eigenvalue weighted by atomic mass is 19.1. The molecule has 1 saturated heterocycles. The number of pyridine rings is 1. The van der Waals surface area contributed by atoms with Crippen LogP contribution >= 0.6 is 0 Å². The van der Waals surface area contributed by atoms with Gasteiger partial charge in [0.05, 0.1) is 11.3 Å². The van der Waals surface area contributed by atoms with Crippen LogP contribution in [-0.2, 0) is 6.54 Å². The zero-order valence-electron chi connectivity index (χ0n) is 20.0. The molecule has 1 fully saturated rings. The fourth-order valence-corrected chi connectivity index (χ4v) is 4.22. The summed E-state index contributed by atoms with van der Waals surface area (Å²) >= 11 is 0. The number of amides is 1. The second kappa shape index (κ2) is 11.8. The lowest BCUT2D eigenvalue weighted by atomic mass is 10.1. The van der Waals surface area contributed by atoms with E-state index in [1.807, 2.05) is 12.1 Å². The highest BCUT2D eigenvalue weighted by Crippen LogP contribution is 2.25. The monoisotopic (exact) mass is 495 g/mol. The molecule has 0 atom stereocenters. The number of nitrogens with zero attached hydrogens (tertiary/aromatic N) is 3. The first-order valence-corrected chi connectivity index (χ1v) is 11.9. The predicted octanol–water partition coefficient (Wildman–Crippen LogP) is 3.29. The molecule has 2 heterocycles. The molecule has 0 bridgehead atoms. The quantitative estimate of drug-likeness (QED) is 0.341. The average molecular weight is 496 g/mol. The first-order valence-electron chi connectivity index (χ1n) is 11.9. The van der Waals surface area contributed by atoms with E-state index in [0.29, 0.717) is 17.1 Å². The molecule has 0 spiro atoms. The highest BCUT2D eigenvalue weighted by molar-refractivity contribution is 5.98. The molecule has 1 aromatic heterocycles. The number of aromatic nitrogens is 1. The van der Waals surface area contributed by atoms with Crippen LogP contribution in [0.1, 0.15) is 22.3 Å². The van der Waals surface area contributed by atoms with Gasteiger partial charge >= 0.3 is 0 Å². The van der Waals surface area contributed by atoms with E-state index in [1.165, 1.54) is 18.3 Å². The van der Waals surface area contributed by atoms with Crippen LogP contribution in [0.5, 0.6) is 0 Å². The van der Waals surface area contributed by atoms with Crippen molar-refractivity contribution in [1.29, 1.82) is 0 Å². The number of carbonyl (C=O) groups is 1. The third-order valence-electron chi connectivity index (χ3n) is 6.13. The van der Waals surface area contributed by atoms with Gasteiger partial charge in [0.1, 0.15) is 17.5 Å². The number of anilines is 4.